The first-order valence-electron chi connectivity index (χ1n) is 24.9. The Morgan fingerprint density at radius 3 is 2.26 bits per heavy atom. The Morgan fingerprint density at radius 1 is 0.918 bits per heavy atom. The normalized spacial score (nSPS) is 30.3. The number of hydrogen-bond acceptors (Lipinski definition) is 14. The number of likely N-dealkylation sites (N-methyl/N-ethyl adjacent to an activating group) is 1. The van der Waals surface area contributed by atoms with Gasteiger partial charge in [-0.1, -0.05) is 74.0 Å². The maximum atomic E-state index is 15.3. The van der Waals surface area contributed by atoms with Gasteiger partial charge in [-0.15, -0.1) is 0 Å². The standard InChI is InChI=1S/C51H59N5O7.C4H6O6/c1-7-32-23-33-26-50(47(59)62-6,42-36(29-55(27-32)28-33)35-17-12-13-18-39(35)53-42)38-24-37-40(25-41(38)61-5)54(4)45-49(37)20-22-56-21-14-19-48(8-2,44(49)56)46(63-31(3)57)51(45,60)30-52-43(58)34-15-10-9-11-16-34;5-1(3(7)8)2(6)4(9)10/h9-19,23-25,33,44-46,53,60H,7-8,20-22,26-30H2,1-6H3,(H,52,58);1-2,5-6H,(H,7,8)(H,9,10)/t33-,44-,45+,46+,48+,49+,50-,51-;/m0./s1. The van der Waals surface area contributed by atoms with E-state index < -0.39 is 64.1 Å². The highest BCUT2D eigenvalue weighted by molar-refractivity contribution is 5.95. The number of nitrogens with one attached hydrogen (secondary N) is 2. The number of rotatable bonds is 12. The zero-order chi connectivity index (χ0) is 52.4. The van der Waals surface area contributed by atoms with Gasteiger partial charge < -0.3 is 54.9 Å². The van der Waals surface area contributed by atoms with Crippen LogP contribution in [0.1, 0.15) is 79.2 Å². The van der Waals surface area contributed by atoms with E-state index in [-0.39, 0.29) is 30.4 Å². The Morgan fingerprint density at radius 2 is 1.62 bits per heavy atom. The molecule has 388 valence electrons. The largest absolute Gasteiger partial charge is 0.496 e. The SMILES string of the molecule is CCC1=C[C@@H]2CN(C1)Cc1c([nH]c3ccccc13)[C@@](C(=O)OC)(c1cc3c(cc1OC)N(C)[C@H]1[C@@](O)(CNC(=O)c4ccccc4)[C@H](OC(C)=O)[C@]4(CC)C=CCN5CC[C@]31[C@@H]54)C2.O=C(O)C(O)C(O)C(=O)O. The number of anilines is 1. The molecule has 0 radical (unpaired) electrons. The monoisotopic (exact) mass is 1000 g/mol. The number of aliphatic hydroxyl groups excluding tert-OH is 2. The molecule has 3 aromatic carbocycles. The Labute approximate surface area is 423 Å². The second kappa shape index (κ2) is 19.4. The quantitative estimate of drug-likeness (QED) is 0.0786. The predicted octanol–water partition coefficient (Wildman–Crippen LogP) is 3.89. The molecule has 2 bridgehead atoms. The van der Waals surface area contributed by atoms with Crippen molar-refractivity contribution in [1.29, 1.82) is 0 Å². The van der Waals surface area contributed by atoms with E-state index in [0.717, 1.165) is 59.5 Å². The number of esters is 2. The molecule has 3 unspecified atom stereocenters. The van der Waals surface area contributed by atoms with Crippen molar-refractivity contribution in [3.05, 3.63) is 118 Å². The Bertz CT molecular complexity index is 2890. The molecule has 7 N–H and O–H groups in total. The number of nitrogens with zero attached hydrogens (tertiary/aromatic N) is 3. The van der Waals surface area contributed by atoms with E-state index in [2.05, 4.69) is 81.3 Å². The molecule has 6 heterocycles. The number of aliphatic hydroxyl groups is 3. The molecule has 73 heavy (non-hydrogen) atoms. The van der Waals surface area contributed by atoms with E-state index in [9.17, 15) is 24.3 Å². The van der Waals surface area contributed by atoms with Crippen LogP contribution in [-0.4, -0.2) is 160 Å². The number of carbonyl (C=O) groups is 5. The summed E-state index contributed by atoms with van der Waals surface area (Å²) in [5.41, 5.74) is 2.52. The average Bonchev–Trinajstić information content (AvgIpc) is 4.04. The number of carboxylic acids is 2. The van der Waals surface area contributed by atoms with Gasteiger partial charge in [-0.05, 0) is 73.5 Å². The minimum absolute atomic E-state index is 0.0367. The molecular formula is C55H65N5O13. The van der Waals surface area contributed by atoms with Crippen molar-refractivity contribution in [2.45, 2.75) is 99.8 Å². The van der Waals surface area contributed by atoms with Crippen LogP contribution in [0.25, 0.3) is 10.9 Å². The first-order valence-corrected chi connectivity index (χ1v) is 24.9. The number of aliphatic carboxylic acids is 2. The van der Waals surface area contributed by atoms with Crippen molar-refractivity contribution >= 4 is 46.4 Å². The first kappa shape index (κ1) is 51.3. The van der Waals surface area contributed by atoms with Crippen molar-refractivity contribution in [2.75, 3.05) is 58.9 Å². The number of hydrogen-bond donors (Lipinski definition) is 7. The fraction of sp³-hybridized carbons (Fsp3) is 0.473. The number of fused-ring (bicyclic) bond motifs is 6. The van der Waals surface area contributed by atoms with E-state index >= 15 is 4.79 Å². The third-order valence-electron chi connectivity index (χ3n) is 16.7. The zero-order valence-electron chi connectivity index (χ0n) is 42.0. The minimum atomic E-state index is -2.27. The number of H-pyrrole nitrogens is 1. The van der Waals surface area contributed by atoms with Gasteiger partial charge in [0.1, 0.15) is 22.9 Å². The average molecular weight is 1000 g/mol. The molecule has 1 aromatic heterocycles. The van der Waals surface area contributed by atoms with Gasteiger partial charge in [0.25, 0.3) is 5.91 Å². The first-order chi connectivity index (χ1) is 34.9. The maximum absolute atomic E-state index is 15.3. The van der Waals surface area contributed by atoms with Gasteiger partial charge >= 0.3 is 23.9 Å². The number of ether oxygens (including phenoxy) is 3. The van der Waals surface area contributed by atoms with Gasteiger partial charge in [-0.2, -0.15) is 0 Å². The summed E-state index contributed by atoms with van der Waals surface area (Å²) in [5, 5.41) is 50.6. The fourth-order valence-corrected chi connectivity index (χ4v) is 14.0. The predicted molar refractivity (Wildman–Crippen MR) is 268 cm³/mol. The highest BCUT2D eigenvalue weighted by Crippen LogP contribution is 2.68. The number of benzene rings is 3. The maximum Gasteiger partial charge on any atom is 0.335 e. The number of carboxylic acid groups (broad SMARTS) is 2. The van der Waals surface area contributed by atoms with Crippen LogP contribution in [0, 0.1) is 11.3 Å². The second-order valence-electron chi connectivity index (χ2n) is 20.5. The topological polar surface area (TPSA) is 252 Å². The molecule has 11 atom stereocenters. The summed E-state index contributed by atoms with van der Waals surface area (Å²) >= 11 is 0. The molecule has 18 heteroatoms. The minimum Gasteiger partial charge on any atom is -0.496 e. The van der Waals surface area contributed by atoms with Crippen LogP contribution >= 0.6 is 0 Å². The van der Waals surface area contributed by atoms with E-state index in [4.69, 9.17) is 34.6 Å². The van der Waals surface area contributed by atoms with E-state index in [0.29, 0.717) is 49.2 Å². The summed E-state index contributed by atoms with van der Waals surface area (Å²) < 4.78 is 18.8. The highest BCUT2D eigenvalue weighted by atomic mass is 16.6. The lowest BCUT2D eigenvalue weighted by atomic mass is 9.47. The Balaban J connectivity index is 0.000000595. The molecule has 2 fully saturated rings. The van der Waals surface area contributed by atoms with Gasteiger partial charge in [-0.25, -0.2) is 9.59 Å². The molecule has 1 spiro atoms. The Hall–Kier alpha value is -6.57. The van der Waals surface area contributed by atoms with Crippen LogP contribution in [-0.2, 0) is 46.0 Å². The van der Waals surface area contributed by atoms with E-state index in [1.54, 1.807) is 19.2 Å². The lowest BCUT2D eigenvalue weighted by Gasteiger charge is -2.64. The van der Waals surface area contributed by atoms with Crippen LogP contribution < -0.4 is 15.0 Å². The summed E-state index contributed by atoms with van der Waals surface area (Å²) in [4.78, 5) is 72.9. The summed E-state index contributed by atoms with van der Waals surface area (Å²) in [6.45, 7) is 9.29. The van der Waals surface area contributed by atoms with Gasteiger partial charge in [0, 0.05) is 96.5 Å². The van der Waals surface area contributed by atoms with Crippen molar-refractivity contribution < 1.29 is 63.7 Å². The van der Waals surface area contributed by atoms with Crippen LogP contribution in [0.3, 0.4) is 0 Å². The zero-order valence-corrected chi connectivity index (χ0v) is 42.0. The molecule has 1 saturated carbocycles. The number of aromatic amines is 1. The molecule has 1 saturated heterocycles. The van der Waals surface area contributed by atoms with Crippen LogP contribution in [0.2, 0.25) is 0 Å². The molecule has 18 nitrogen and oxygen atoms in total. The van der Waals surface area contributed by atoms with Gasteiger partial charge in [-0.3, -0.25) is 24.2 Å². The molecule has 6 aliphatic rings. The smallest absolute Gasteiger partial charge is 0.335 e. The second-order valence-corrected chi connectivity index (χ2v) is 20.5. The van der Waals surface area contributed by atoms with Crippen molar-refractivity contribution in [1.82, 2.24) is 20.1 Å². The molecule has 1 aliphatic carbocycles. The fourth-order valence-electron chi connectivity index (χ4n) is 14.0. The van der Waals surface area contributed by atoms with Crippen molar-refractivity contribution in [3.63, 3.8) is 0 Å². The number of amides is 1. The molecule has 10 rings (SSSR count). The Kier molecular flexibility index (Phi) is 13.6. The lowest BCUT2D eigenvalue weighted by molar-refractivity contribution is -0.216. The van der Waals surface area contributed by atoms with Gasteiger partial charge in [0.05, 0.1) is 26.8 Å². The van der Waals surface area contributed by atoms with E-state index in [1.807, 2.05) is 37.4 Å². The van der Waals surface area contributed by atoms with Crippen LogP contribution in [0.5, 0.6) is 5.75 Å². The van der Waals surface area contributed by atoms with Crippen molar-refractivity contribution in [2.24, 2.45) is 11.3 Å². The van der Waals surface area contributed by atoms with E-state index in [1.165, 1.54) is 19.6 Å². The molecule has 4 aromatic rings. The molecule has 1 amide bonds. The summed E-state index contributed by atoms with van der Waals surface area (Å²) in [5.74, 6) is -4.16. The van der Waals surface area contributed by atoms with Crippen molar-refractivity contribution in [3.8, 4) is 5.75 Å². The van der Waals surface area contributed by atoms with Crippen LogP contribution in [0.4, 0.5) is 5.69 Å². The van der Waals surface area contributed by atoms with Gasteiger partial charge in [0.2, 0.25) is 0 Å². The number of para-hydroxylation sites is 1. The third kappa shape index (κ3) is 8.00. The molecular weight excluding hydrogens is 939 g/mol. The van der Waals surface area contributed by atoms with Crippen LogP contribution in [0.15, 0.2) is 90.5 Å². The summed E-state index contributed by atoms with van der Waals surface area (Å²) in [6.07, 6.45) is 3.75. The summed E-state index contributed by atoms with van der Waals surface area (Å²) in [6, 6.07) is 20.6. The number of carbonyl (C=O) groups excluding carboxylic acids is 3. The molecule has 5 aliphatic heterocycles. The summed E-state index contributed by atoms with van der Waals surface area (Å²) in [7, 11) is 5.12. The highest BCUT2D eigenvalue weighted by Gasteiger charge is 2.78. The number of methoxy groups -OCH3 is 2. The lowest BCUT2D eigenvalue weighted by Crippen LogP contribution is -2.81. The third-order valence-corrected chi connectivity index (χ3v) is 16.7. The van der Waals surface area contributed by atoms with Gasteiger partial charge in [0.15, 0.2) is 12.2 Å². The number of aromatic nitrogens is 1.